The lowest BCUT2D eigenvalue weighted by Crippen LogP contribution is -2.12. The minimum absolute atomic E-state index is 0.0458. The van der Waals surface area contributed by atoms with Crippen LogP contribution in [0.15, 0.2) is 75.9 Å². The SMILES string of the molecule is CC(C)(C)c1ccc(-c2cc(=O)c3cc(NC(=O)c4ccc5c(c4)OCO5)ccc3o2)cc1. The van der Waals surface area contributed by atoms with Crippen LogP contribution in [0.5, 0.6) is 11.5 Å². The molecule has 1 aromatic heterocycles. The number of nitrogens with one attached hydrogen (secondary N) is 1. The van der Waals surface area contributed by atoms with Crippen molar-refractivity contribution in [3.8, 4) is 22.8 Å². The molecular formula is C27H23NO5. The van der Waals surface area contributed by atoms with E-state index in [9.17, 15) is 9.59 Å². The number of hydrogen-bond acceptors (Lipinski definition) is 5. The predicted octanol–water partition coefficient (Wildman–Crippen LogP) is 5.74. The molecule has 6 nitrogen and oxygen atoms in total. The number of hydrogen-bond donors (Lipinski definition) is 1. The van der Waals surface area contributed by atoms with Gasteiger partial charge in [-0.05, 0) is 47.4 Å². The van der Waals surface area contributed by atoms with Crippen molar-refractivity contribution in [2.75, 3.05) is 12.1 Å². The summed E-state index contributed by atoms with van der Waals surface area (Å²) >= 11 is 0. The molecule has 3 aromatic carbocycles. The maximum Gasteiger partial charge on any atom is 0.255 e. The van der Waals surface area contributed by atoms with Crippen molar-refractivity contribution in [1.82, 2.24) is 0 Å². The Labute approximate surface area is 190 Å². The van der Waals surface area contributed by atoms with Crippen LogP contribution in [0.1, 0.15) is 36.7 Å². The number of benzene rings is 3. The van der Waals surface area contributed by atoms with E-state index in [0.29, 0.717) is 39.5 Å². The van der Waals surface area contributed by atoms with E-state index < -0.39 is 0 Å². The average molecular weight is 441 g/mol. The molecule has 0 bridgehead atoms. The third-order valence-corrected chi connectivity index (χ3v) is 5.66. The summed E-state index contributed by atoms with van der Waals surface area (Å²) < 4.78 is 16.6. The number of amides is 1. The van der Waals surface area contributed by atoms with E-state index in [4.69, 9.17) is 13.9 Å². The minimum Gasteiger partial charge on any atom is -0.456 e. The first-order valence-corrected chi connectivity index (χ1v) is 10.7. The molecule has 5 rings (SSSR count). The Morgan fingerprint density at radius 3 is 2.39 bits per heavy atom. The van der Waals surface area contributed by atoms with Crippen molar-refractivity contribution in [2.24, 2.45) is 0 Å². The van der Waals surface area contributed by atoms with Gasteiger partial charge in [0.1, 0.15) is 11.3 Å². The monoisotopic (exact) mass is 441 g/mol. The smallest absolute Gasteiger partial charge is 0.255 e. The maximum absolute atomic E-state index is 12.8. The second-order valence-electron chi connectivity index (χ2n) is 9.04. The van der Waals surface area contributed by atoms with E-state index >= 15 is 0 Å². The van der Waals surface area contributed by atoms with Crippen LogP contribution in [0.3, 0.4) is 0 Å². The summed E-state index contributed by atoms with van der Waals surface area (Å²) in [6.07, 6.45) is 0. The molecule has 0 radical (unpaired) electrons. The first-order valence-electron chi connectivity index (χ1n) is 10.7. The van der Waals surface area contributed by atoms with Gasteiger partial charge in [0.05, 0.1) is 5.39 Å². The molecule has 2 heterocycles. The van der Waals surface area contributed by atoms with Crippen LogP contribution in [-0.2, 0) is 5.41 Å². The van der Waals surface area contributed by atoms with Crippen LogP contribution in [0.4, 0.5) is 5.69 Å². The Bertz CT molecular complexity index is 1430. The highest BCUT2D eigenvalue weighted by atomic mass is 16.7. The Balaban J connectivity index is 1.41. The number of carbonyl (C=O) groups excluding carboxylic acids is 1. The normalized spacial score (nSPS) is 12.7. The van der Waals surface area contributed by atoms with Crippen LogP contribution < -0.4 is 20.2 Å². The molecule has 0 aliphatic carbocycles. The Morgan fingerprint density at radius 2 is 1.64 bits per heavy atom. The van der Waals surface area contributed by atoms with Crippen LogP contribution >= 0.6 is 0 Å². The molecule has 1 amide bonds. The van der Waals surface area contributed by atoms with E-state index in [2.05, 4.69) is 26.1 Å². The van der Waals surface area contributed by atoms with Crippen molar-refractivity contribution < 1.29 is 18.7 Å². The molecule has 1 aliphatic rings. The van der Waals surface area contributed by atoms with Crippen molar-refractivity contribution >= 4 is 22.6 Å². The van der Waals surface area contributed by atoms with Gasteiger partial charge in [-0.15, -0.1) is 0 Å². The molecular weight excluding hydrogens is 418 g/mol. The minimum atomic E-state index is -0.312. The second kappa shape index (κ2) is 7.81. The molecule has 6 heteroatoms. The van der Waals surface area contributed by atoms with E-state index in [0.717, 1.165) is 5.56 Å². The summed E-state index contributed by atoms with van der Waals surface area (Å²) in [5.74, 6) is 1.33. The average Bonchev–Trinajstić information content (AvgIpc) is 3.27. The molecule has 0 unspecified atom stereocenters. The van der Waals surface area contributed by atoms with Gasteiger partial charge < -0.3 is 19.2 Å². The highest BCUT2D eigenvalue weighted by Crippen LogP contribution is 2.33. The fraction of sp³-hybridized carbons (Fsp3) is 0.185. The van der Waals surface area contributed by atoms with Crippen molar-refractivity contribution in [1.29, 1.82) is 0 Å². The molecule has 0 spiro atoms. The molecule has 0 saturated carbocycles. The van der Waals surface area contributed by atoms with Gasteiger partial charge in [0.25, 0.3) is 5.91 Å². The Hall–Kier alpha value is -4.06. The van der Waals surface area contributed by atoms with Crippen molar-refractivity contribution in [2.45, 2.75) is 26.2 Å². The molecule has 1 N–H and O–H groups in total. The van der Waals surface area contributed by atoms with E-state index in [-0.39, 0.29) is 23.5 Å². The van der Waals surface area contributed by atoms with Gasteiger partial charge in [0.2, 0.25) is 6.79 Å². The zero-order chi connectivity index (χ0) is 23.2. The lowest BCUT2D eigenvalue weighted by Gasteiger charge is -2.19. The van der Waals surface area contributed by atoms with Crippen LogP contribution in [0.25, 0.3) is 22.3 Å². The summed E-state index contributed by atoms with van der Waals surface area (Å²) in [6, 6.07) is 19.5. The van der Waals surface area contributed by atoms with Gasteiger partial charge in [-0.3, -0.25) is 9.59 Å². The second-order valence-corrected chi connectivity index (χ2v) is 9.04. The van der Waals surface area contributed by atoms with E-state index in [1.54, 1.807) is 36.4 Å². The fourth-order valence-electron chi connectivity index (χ4n) is 3.75. The summed E-state index contributed by atoms with van der Waals surface area (Å²) in [5, 5.41) is 3.22. The Kier molecular flexibility index (Phi) is 4.93. The number of carbonyl (C=O) groups is 1. The molecule has 4 aromatic rings. The van der Waals surface area contributed by atoms with Crippen molar-refractivity contribution in [3.05, 3.63) is 88.1 Å². The third-order valence-electron chi connectivity index (χ3n) is 5.66. The Morgan fingerprint density at radius 1 is 0.879 bits per heavy atom. The molecule has 0 fully saturated rings. The molecule has 0 atom stereocenters. The zero-order valence-electron chi connectivity index (χ0n) is 18.6. The topological polar surface area (TPSA) is 77.8 Å². The highest BCUT2D eigenvalue weighted by molar-refractivity contribution is 6.05. The molecule has 1 aliphatic heterocycles. The van der Waals surface area contributed by atoms with Gasteiger partial charge >= 0.3 is 0 Å². The maximum atomic E-state index is 12.8. The zero-order valence-corrected chi connectivity index (χ0v) is 18.6. The fourth-order valence-corrected chi connectivity index (χ4v) is 3.75. The lowest BCUT2D eigenvalue weighted by atomic mass is 9.86. The van der Waals surface area contributed by atoms with Gasteiger partial charge in [0, 0.05) is 22.9 Å². The first-order chi connectivity index (χ1) is 15.8. The van der Waals surface area contributed by atoms with Crippen LogP contribution in [-0.4, -0.2) is 12.7 Å². The number of rotatable bonds is 3. The third kappa shape index (κ3) is 4.07. The van der Waals surface area contributed by atoms with Gasteiger partial charge in [-0.2, -0.15) is 0 Å². The summed E-state index contributed by atoms with van der Waals surface area (Å²) in [4.78, 5) is 25.5. The molecule has 166 valence electrons. The molecule has 33 heavy (non-hydrogen) atoms. The van der Waals surface area contributed by atoms with Crippen LogP contribution in [0, 0.1) is 0 Å². The lowest BCUT2D eigenvalue weighted by molar-refractivity contribution is 0.102. The number of fused-ring (bicyclic) bond motifs is 2. The van der Waals surface area contributed by atoms with Crippen molar-refractivity contribution in [3.63, 3.8) is 0 Å². The highest BCUT2D eigenvalue weighted by Gasteiger charge is 2.17. The van der Waals surface area contributed by atoms with Gasteiger partial charge in [-0.1, -0.05) is 45.0 Å². The largest absolute Gasteiger partial charge is 0.456 e. The summed E-state index contributed by atoms with van der Waals surface area (Å²) in [7, 11) is 0. The molecule has 0 saturated heterocycles. The van der Waals surface area contributed by atoms with Gasteiger partial charge in [0.15, 0.2) is 16.9 Å². The number of anilines is 1. The van der Waals surface area contributed by atoms with Crippen LogP contribution in [0.2, 0.25) is 0 Å². The number of ether oxygens (including phenoxy) is 2. The quantitative estimate of drug-likeness (QED) is 0.439. The first kappa shape index (κ1) is 20.8. The summed E-state index contributed by atoms with van der Waals surface area (Å²) in [5.41, 5.74) is 3.30. The standard InChI is InChI=1S/C27H23NO5/c1-27(2,3)18-7-4-16(5-8-18)24-14-21(29)20-13-19(9-11-22(20)33-24)28-26(30)17-6-10-23-25(12-17)32-15-31-23/h4-14H,15H2,1-3H3,(H,28,30). The predicted molar refractivity (Wildman–Crippen MR) is 127 cm³/mol. The van der Waals surface area contributed by atoms with E-state index in [1.165, 1.54) is 11.6 Å². The summed E-state index contributed by atoms with van der Waals surface area (Å²) in [6.45, 7) is 6.60. The van der Waals surface area contributed by atoms with E-state index in [1.807, 2.05) is 24.3 Å². The van der Waals surface area contributed by atoms with Gasteiger partial charge in [-0.25, -0.2) is 0 Å².